The second-order valence-electron chi connectivity index (χ2n) is 8.35. The largest absolute Gasteiger partial charge is 0.489 e. The number of hydrogen-bond acceptors (Lipinski definition) is 4. The van der Waals surface area contributed by atoms with Crippen molar-refractivity contribution in [3.8, 4) is 5.75 Å². The number of anilines is 2. The second-order valence-corrected chi connectivity index (χ2v) is 8.73. The van der Waals surface area contributed by atoms with Crippen molar-refractivity contribution in [2.45, 2.75) is 38.8 Å². The number of para-hydroxylation sites is 1. The summed E-state index contributed by atoms with van der Waals surface area (Å²) in [6.45, 7) is 2.00. The number of ether oxygens (including phenoxy) is 1. The summed E-state index contributed by atoms with van der Waals surface area (Å²) in [5.74, 6) is 0.767. The first-order chi connectivity index (χ1) is 15.6. The average Bonchev–Trinajstić information content (AvgIpc) is 3.21. The van der Waals surface area contributed by atoms with E-state index in [1.54, 1.807) is 6.92 Å². The standard InChI is InChI=1S/C27H25ClN2O2/c1-17(31)25-26(21-12-11-19-6-5-7-20(19)15-21)29-23-13-10-18(14-24(23)30-27(25)28)16-32-22-8-3-2-4-9-22/h2-4,8-15,26,29-30H,5-7,16H2,1H3. The lowest BCUT2D eigenvalue weighted by molar-refractivity contribution is -0.113. The van der Waals surface area contributed by atoms with Gasteiger partial charge in [0.25, 0.3) is 0 Å². The van der Waals surface area contributed by atoms with E-state index in [1.165, 1.54) is 17.5 Å². The van der Waals surface area contributed by atoms with Crippen LogP contribution in [-0.2, 0) is 24.2 Å². The van der Waals surface area contributed by atoms with Gasteiger partial charge in [0, 0.05) is 0 Å². The van der Waals surface area contributed by atoms with E-state index >= 15 is 0 Å². The highest BCUT2D eigenvalue weighted by Gasteiger charge is 2.28. The summed E-state index contributed by atoms with van der Waals surface area (Å²) in [6.07, 6.45) is 3.40. The maximum Gasteiger partial charge on any atom is 0.161 e. The maximum atomic E-state index is 12.6. The molecule has 1 aliphatic heterocycles. The fourth-order valence-electron chi connectivity index (χ4n) is 4.51. The van der Waals surface area contributed by atoms with Gasteiger partial charge >= 0.3 is 0 Å². The van der Waals surface area contributed by atoms with Crippen LogP contribution in [0.2, 0.25) is 0 Å². The number of carbonyl (C=O) groups excluding carboxylic acids is 1. The molecule has 0 spiro atoms. The number of benzene rings is 3. The first kappa shape index (κ1) is 20.7. The summed E-state index contributed by atoms with van der Waals surface area (Å²) in [4.78, 5) is 12.6. The van der Waals surface area contributed by atoms with E-state index in [1.807, 2.05) is 48.5 Å². The molecule has 0 bridgehead atoms. The van der Waals surface area contributed by atoms with Crippen molar-refractivity contribution in [3.05, 3.63) is 99.7 Å². The number of carbonyl (C=O) groups is 1. The van der Waals surface area contributed by atoms with Crippen molar-refractivity contribution in [3.63, 3.8) is 0 Å². The van der Waals surface area contributed by atoms with E-state index < -0.39 is 0 Å². The average molecular weight is 445 g/mol. The molecule has 0 saturated carbocycles. The van der Waals surface area contributed by atoms with E-state index in [9.17, 15) is 4.79 Å². The number of ketones is 1. The molecular weight excluding hydrogens is 420 g/mol. The Morgan fingerprint density at radius 2 is 1.81 bits per heavy atom. The Bertz CT molecular complexity index is 1200. The predicted molar refractivity (Wildman–Crippen MR) is 129 cm³/mol. The highest BCUT2D eigenvalue weighted by Crippen LogP contribution is 2.39. The highest BCUT2D eigenvalue weighted by atomic mass is 35.5. The molecule has 5 rings (SSSR count). The Labute approximate surface area is 193 Å². The molecule has 3 aromatic rings. The van der Waals surface area contributed by atoms with Crippen molar-refractivity contribution >= 4 is 28.8 Å². The van der Waals surface area contributed by atoms with Crippen LogP contribution in [0.25, 0.3) is 0 Å². The minimum atomic E-state index is -0.314. The van der Waals surface area contributed by atoms with E-state index in [0.717, 1.165) is 41.1 Å². The zero-order chi connectivity index (χ0) is 22.1. The second kappa shape index (κ2) is 8.71. The SMILES string of the molecule is CC(=O)C1=C(Cl)Nc2cc(COc3ccccc3)ccc2NC1c1ccc2c(c1)CCC2. The molecular formula is C27H25ClN2O2. The van der Waals surface area contributed by atoms with Gasteiger partial charge in [0.15, 0.2) is 5.78 Å². The lowest BCUT2D eigenvalue weighted by Gasteiger charge is -2.22. The van der Waals surface area contributed by atoms with Crippen LogP contribution in [0.1, 0.15) is 41.6 Å². The minimum Gasteiger partial charge on any atom is -0.489 e. The van der Waals surface area contributed by atoms with Crippen LogP contribution < -0.4 is 15.4 Å². The molecule has 0 aromatic heterocycles. The Balaban J connectivity index is 1.46. The zero-order valence-electron chi connectivity index (χ0n) is 18.0. The molecule has 0 amide bonds. The molecule has 4 nitrogen and oxygen atoms in total. The summed E-state index contributed by atoms with van der Waals surface area (Å²) in [5.41, 5.74) is 7.10. The molecule has 0 fully saturated rings. The fraction of sp³-hybridized carbons (Fsp3) is 0.222. The van der Waals surface area contributed by atoms with Crippen LogP contribution in [0.15, 0.2) is 77.5 Å². The maximum absolute atomic E-state index is 12.6. The summed E-state index contributed by atoms with van der Waals surface area (Å²) >= 11 is 6.67. The van der Waals surface area contributed by atoms with Crippen molar-refractivity contribution < 1.29 is 9.53 Å². The third kappa shape index (κ3) is 4.11. The molecule has 2 aliphatic rings. The van der Waals surface area contributed by atoms with Crippen molar-refractivity contribution in [2.75, 3.05) is 10.6 Å². The van der Waals surface area contributed by atoms with Gasteiger partial charge < -0.3 is 15.4 Å². The van der Waals surface area contributed by atoms with Crippen LogP contribution in [0.4, 0.5) is 11.4 Å². The number of aryl methyl sites for hydroxylation is 2. The quantitative estimate of drug-likeness (QED) is 0.449. The molecule has 0 radical (unpaired) electrons. The molecule has 1 unspecified atom stereocenters. The van der Waals surface area contributed by atoms with Crippen LogP contribution in [0, 0.1) is 0 Å². The molecule has 1 aliphatic carbocycles. The van der Waals surface area contributed by atoms with E-state index in [-0.39, 0.29) is 11.8 Å². The van der Waals surface area contributed by atoms with E-state index in [0.29, 0.717) is 17.3 Å². The molecule has 162 valence electrons. The van der Waals surface area contributed by atoms with Crippen molar-refractivity contribution in [1.82, 2.24) is 0 Å². The zero-order valence-corrected chi connectivity index (χ0v) is 18.7. The molecule has 3 aromatic carbocycles. The van der Waals surface area contributed by atoms with Gasteiger partial charge in [0.05, 0.1) is 23.0 Å². The Hall–Kier alpha value is -3.24. The van der Waals surface area contributed by atoms with Gasteiger partial charge in [-0.3, -0.25) is 4.79 Å². The van der Waals surface area contributed by atoms with Crippen LogP contribution in [-0.4, -0.2) is 5.78 Å². The van der Waals surface area contributed by atoms with Gasteiger partial charge in [-0.05, 0) is 72.7 Å². The minimum absolute atomic E-state index is 0.0547. The summed E-state index contributed by atoms with van der Waals surface area (Å²) in [7, 11) is 0. The summed E-state index contributed by atoms with van der Waals surface area (Å²) in [5, 5.41) is 7.17. The van der Waals surface area contributed by atoms with E-state index in [4.69, 9.17) is 16.3 Å². The number of halogens is 1. The number of rotatable bonds is 5. The monoisotopic (exact) mass is 444 g/mol. The van der Waals surface area contributed by atoms with Gasteiger partial charge in [0.2, 0.25) is 0 Å². The van der Waals surface area contributed by atoms with Gasteiger partial charge in [-0.2, -0.15) is 0 Å². The lowest BCUT2D eigenvalue weighted by Crippen LogP contribution is -2.18. The molecule has 5 heteroatoms. The first-order valence-electron chi connectivity index (χ1n) is 10.9. The van der Waals surface area contributed by atoms with Crippen LogP contribution in [0.3, 0.4) is 0 Å². The summed E-state index contributed by atoms with van der Waals surface area (Å²) in [6, 6.07) is 22.0. The van der Waals surface area contributed by atoms with Gasteiger partial charge in [0.1, 0.15) is 17.5 Å². The smallest absolute Gasteiger partial charge is 0.161 e. The first-order valence-corrected chi connectivity index (χ1v) is 11.3. The molecule has 32 heavy (non-hydrogen) atoms. The Kier molecular flexibility index (Phi) is 5.62. The number of fused-ring (bicyclic) bond motifs is 2. The normalized spacial score (nSPS) is 17.0. The lowest BCUT2D eigenvalue weighted by atomic mass is 9.94. The molecule has 1 heterocycles. The highest BCUT2D eigenvalue weighted by molar-refractivity contribution is 6.33. The predicted octanol–water partition coefficient (Wildman–Crippen LogP) is 6.37. The van der Waals surface area contributed by atoms with Gasteiger partial charge in [-0.15, -0.1) is 0 Å². The Morgan fingerprint density at radius 1 is 1.00 bits per heavy atom. The molecule has 1 atom stereocenters. The van der Waals surface area contributed by atoms with Gasteiger partial charge in [-0.1, -0.05) is 54.1 Å². The number of Topliss-reactive ketones (excluding diaryl/α,β-unsaturated/α-hetero) is 1. The topological polar surface area (TPSA) is 50.4 Å². The van der Waals surface area contributed by atoms with E-state index in [2.05, 4.69) is 28.8 Å². The summed E-state index contributed by atoms with van der Waals surface area (Å²) < 4.78 is 5.89. The Morgan fingerprint density at radius 3 is 2.62 bits per heavy atom. The van der Waals surface area contributed by atoms with Crippen LogP contribution >= 0.6 is 11.6 Å². The third-order valence-corrected chi connectivity index (χ3v) is 6.44. The fourth-order valence-corrected chi connectivity index (χ4v) is 4.86. The molecule has 0 saturated heterocycles. The van der Waals surface area contributed by atoms with Crippen LogP contribution in [0.5, 0.6) is 5.75 Å². The number of hydrogen-bond donors (Lipinski definition) is 2. The number of nitrogens with one attached hydrogen (secondary N) is 2. The third-order valence-electron chi connectivity index (χ3n) is 6.14. The van der Waals surface area contributed by atoms with Crippen molar-refractivity contribution in [1.29, 1.82) is 0 Å². The molecule has 2 N–H and O–H groups in total. The van der Waals surface area contributed by atoms with Crippen molar-refractivity contribution in [2.24, 2.45) is 0 Å². The van der Waals surface area contributed by atoms with Gasteiger partial charge in [-0.25, -0.2) is 0 Å².